The Hall–Kier alpha value is -0.300. The number of rotatable bonds is 6. The summed E-state index contributed by atoms with van der Waals surface area (Å²) in [6.45, 7) is 1.66. The van der Waals surface area contributed by atoms with Crippen molar-refractivity contribution in [2.24, 2.45) is 5.73 Å². The van der Waals surface area contributed by atoms with Crippen molar-refractivity contribution < 1.29 is 21.6 Å². The molecule has 3 nitrogen and oxygen atoms in total. The average molecular weight is 247 g/mol. The van der Waals surface area contributed by atoms with Gasteiger partial charge in [0, 0.05) is 12.5 Å². The third-order valence-electron chi connectivity index (χ3n) is 1.80. The molecule has 0 spiro atoms. The Morgan fingerprint density at radius 1 is 1.27 bits per heavy atom. The quantitative estimate of drug-likeness (QED) is 0.773. The molecular formula is C8H16F3NO2S. The van der Waals surface area contributed by atoms with Crippen LogP contribution < -0.4 is 5.73 Å². The zero-order valence-electron chi connectivity index (χ0n) is 8.55. The van der Waals surface area contributed by atoms with Crippen molar-refractivity contribution in [1.29, 1.82) is 0 Å². The van der Waals surface area contributed by atoms with E-state index in [9.17, 15) is 21.6 Å². The Morgan fingerprint density at radius 2 is 1.80 bits per heavy atom. The monoisotopic (exact) mass is 247 g/mol. The van der Waals surface area contributed by atoms with Crippen LogP contribution >= 0.6 is 0 Å². The van der Waals surface area contributed by atoms with E-state index in [1.54, 1.807) is 6.92 Å². The lowest BCUT2D eigenvalue weighted by molar-refractivity contribution is -0.134. The standard InChI is InChI=1S/C8H16F3NO2S/c1-7(12)3-6-15(13,14)5-2-4-8(9,10)11/h7H,2-6,12H2,1H3. The van der Waals surface area contributed by atoms with Crippen LogP contribution in [0.15, 0.2) is 0 Å². The van der Waals surface area contributed by atoms with E-state index >= 15 is 0 Å². The molecule has 0 heterocycles. The van der Waals surface area contributed by atoms with Crippen LogP contribution in [0.5, 0.6) is 0 Å². The van der Waals surface area contributed by atoms with Gasteiger partial charge >= 0.3 is 6.18 Å². The molecular weight excluding hydrogens is 231 g/mol. The topological polar surface area (TPSA) is 60.2 Å². The molecule has 0 amide bonds. The van der Waals surface area contributed by atoms with Crippen molar-refractivity contribution in [1.82, 2.24) is 0 Å². The number of alkyl halides is 3. The van der Waals surface area contributed by atoms with Crippen molar-refractivity contribution >= 4 is 9.84 Å². The lowest BCUT2D eigenvalue weighted by Crippen LogP contribution is -2.22. The predicted octanol–water partition coefficient (Wildman–Crippen LogP) is 1.48. The van der Waals surface area contributed by atoms with Crippen molar-refractivity contribution in [3.63, 3.8) is 0 Å². The van der Waals surface area contributed by atoms with Gasteiger partial charge in [0.05, 0.1) is 11.5 Å². The summed E-state index contributed by atoms with van der Waals surface area (Å²) in [6.07, 6.45) is -5.42. The first-order valence-electron chi connectivity index (χ1n) is 4.65. The van der Waals surface area contributed by atoms with Gasteiger partial charge in [-0.15, -0.1) is 0 Å². The maximum absolute atomic E-state index is 11.7. The minimum Gasteiger partial charge on any atom is -0.328 e. The zero-order valence-corrected chi connectivity index (χ0v) is 9.37. The fourth-order valence-corrected chi connectivity index (χ4v) is 2.48. The molecule has 0 radical (unpaired) electrons. The molecule has 1 atom stereocenters. The van der Waals surface area contributed by atoms with E-state index in [-0.39, 0.29) is 24.6 Å². The Morgan fingerprint density at radius 3 is 2.20 bits per heavy atom. The van der Waals surface area contributed by atoms with E-state index in [0.29, 0.717) is 0 Å². The maximum Gasteiger partial charge on any atom is 0.389 e. The molecule has 0 aromatic carbocycles. The average Bonchev–Trinajstić information content (AvgIpc) is 1.98. The van der Waals surface area contributed by atoms with Crippen LogP contribution in [-0.4, -0.2) is 32.1 Å². The Balaban J connectivity index is 3.85. The summed E-state index contributed by atoms with van der Waals surface area (Å²) in [5, 5.41) is 0. The number of sulfone groups is 1. The molecule has 0 bridgehead atoms. The van der Waals surface area contributed by atoms with Crippen LogP contribution in [0.3, 0.4) is 0 Å². The molecule has 0 saturated carbocycles. The number of hydrogen-bond acceptors (Lipinski definition) is 3. The molecule has 2 N–H and O–H groups in total. The van der Waals surface area contributed by atoms with Crippen molar-refractivity contribution in [3.05, 3.63) is 0 Å². The van der Waals surface area contributed by atoms with Crippen LogP contribution in [0.25, 0.3) is 0 Å². The minimum absolute atomic E-state index is 0.136. The van der Waals surface area contributed by atoms with E-state index in [0.717, 1.165) is 0 Å². The Kier molecular flexibility index (Phi) is 5.58. The molecule has 0 aliphatic rings. The highest BCUT2D eigenvalue weighted by molar-refractivity contribution is 7.91. The normalized spacial score (nSPS) is 15.3. The SMILES string of the molecule is CC(N)CCS(=O)(=O)CCCC(F)(F)F. The first-order chi connectivity index (χ1) is 6.62. The molecule has 0 aromatic rings. The van der Waals surface area contributed by atoms with E-state index in [2.05, 4.69) is 0 Å². The molecule has 0 saturated heterocycles. The highest BCUT2D eigenvalue weighted by atomic mass is 32.2. The van der Waals surface area contributed by atoms with Crippen LogP contribution in [0, 0.1) is 0 Å². The van der Waals surface area contributed by atoms with Crippen LogP contribution in [0.4, 0.5) is 13.2 Å². The molecule has 0 fully saturated rings. The zero-order chi connectivity index (χ0) is 12.1. The van der Waals surface area contributed by atoms with Gasteiger partial charge in [0.2, 0.25) is 0 Å². The molecule has 0 aromatic heterocycles. The maximum atomic E-state index is 11.7. The predicted molar refractivity (Wildman–Crippen MR) is 52.2 cm³/mol. The van der Waals surface area contributed by atoms with Gasteiger partial charge in [0.1, 0.15) is 9.84 Å². The fraction of sp³-hybridized carbons (Fsp3) is 1.00. The summed E-state index contributed by atoms with van der Waals surface area (Å²) < 4.78 is 57.6. The number of halogens is 3. The lowest BCUT2D eigenvalue weighted by atomic mass is 10.3. The number of hydrogen-bond donors (Lipinski definition) is 1. The molecule has 92 valence electrons. The second kappa shape index (κ2) is 5.69. The first kappa shape index (κ1) is 14.7. The van der Waals surface area contributed by atoms with Gasteiger partial charge in [-0.1, -0.05) is 0 Å². The van der Waals surface area contributed by atoms with Crippen molar-refractivity contribution in [2.45, 2.75) is 38.4 Å². The smallest absolute Gasteiger partial charge is 0.328 e. The molecule has 15 heavy (non-hydrogen) atoms. The van der Waals surface area contributed by atoms with Gasteiger partial charge in [-0.25, -0.2) is 8.42 Å². The Bertz CT molecular complexity index is 272. The fourth-order valence-electron chi connectivity index (χ4n) is 0.960. The van der Waals surface area contributed by atoms with Gasteiger partial charge < -0.3 is 5.73 Å². The van der Waals surface area contributed by atoms with E-state index < -0.39 is 28.2 Å². The summed E-state index contributed by atoms with van der Waals surface area (Å²) in [4.78, 5) is 0. The van der Waals surface area contributed by atoms with E-state index in [1.807, 2.05) is 0 Å². The van der Waals surface area contributed by atoms with Crippen LogP contribution in [0.1, 0.15) is 26.2 Å². The van der Waals surface area contributed by atoms with Crippen molar-refractivity contribution in [3.8, 4) is 0 Å². The van der Waals surface area contributed by atoms with Gasteiger partial charge in [0.15, 0.2) is 0 Å². The first-order valence-corrected chi connectivity index (χ1v) is 6.47. The summed E-state index contributed by atoms with van der Waals surface area (Å²) in [5.41, 5.74) is 5.35. The van der Waals surface area contributed by atoms with Gasteiger partial charge in [0.25, 0.3) is 0 Å². The molecule has 0 rings (SSSR count). The largest absolute Gasteiger partial charge is 0.389 e. The minimum atomic E-state index is -4.28. The lowest BCUT2D eigenvalue weighted by Gasteiger charge is -2.08. The van der Waals surface area contributed by atoms with Crippen LogP contribution in [-0.2, 0) is 9.84 Å². The third kappa shape index (κ3) is 9.99. The summed E-state index contributed by atoms with van der Waals surface area (Å²) in [6, 6.07) is -0.248. The van der Waals surface area contributed by atoms with Gasteiger partial charge in [-0.3, -0.25) is 0 Å². The third-order valence-corrected chi connectivity index (χ3v) is 3.57. The summed E-state index contributed by atoms with van der Waals surface area (Å²) >= 11 is 0. The highest BCUT2D eigenvalue weighted by Gasteiger charge is 2.27. The number of nitrogens with two attached hydrogens (primary N) is 1. The van der Waals surface area contributed by atoms with Gasteiger partial charge in [-0.05, 0) is 19.8 Å². The Labute approximate surface area is 87.8 Å². The summed E-state index contributed by atoms with van der Waals surface area (Å²) in [7, 11) is -3.38. The van der Waals surface area contributed by atoms with Gasteiger partial charge in [-0.2, -0.15) is 13.2 Å². The van der Waals surface area contributed by atoms with E-state index in [1.165, 1.54) is 0 Å². The molecule has 7 heteroatoms. The van der Waals surface area contributed by atoms with Crippen LogP contribution in [0.2, 0.25) is 0 Å². The molecule has 0 aliphatic carbocycles. The molecule has 1 unspecified atom stereocenters. The molecule has 0 aliphatic heterocycles. The van der Waals surface area contributed by atoms with Crippen molar-refractivity contribution in [2.75, 3.05) is 11.5 Å². The summed E-state index contributed by atoms with van der Waals surface area (Å²) in [5.74, 6) is -0.554. The van der Waals surface area contributed by atoms with E-state index in [4.69, 9.17) is 5.73 Å². The highest BCUT2D eigenvalue weighted by Crippen LogP contribution is 2.21. The second-order valence-corrected chi connectivity index (χ2v) is 5.94. The second-order valence-electron chi connectivity index (χ2n) is 3.64.